The number of hydrogen-bond donors (Lipinski definition) is 2. The molecular formula is C46H44N2. The van der Waals surface area contributed by atoms with Gasteiger partial charge < -0.3 is 11.1 Å². The summed E-state index contributed by atoms with van der Waals surface area (Å²) in [5.41, 5.74) is 23.3. The highest BCUT2D eigenvalue weighted by Crippen LogP contribution is 2.63. The van der Waals surface area contributed by atoms with Gasteiger partial charge in [0.15, 0.2) is 0 Å². The zero-order chi connectivity index (χ0) is 33.4. The molecule has 9 rings (SSSR count). The van der Waals surface area contributed by atoms with E-state index in [1.54, 1.807) is 0 Å². The fraction of sp³-hybridized carbons (Fsp3) is 0.217. The van der Waals surface area contributed by atoms with Crippen LogP contribution < -0.4 is 11.1 Å². The lowest BCUT2D eigenvalue weighted by Crippen LogP contribution is -2.43. The molecule has 0 radical (unpaired) electrons. The largest absolute Gasteiger partial charge is 0.397 e. The van der Waals surface area contributed by atoms with Crippen LogP contribution in [0.4, 0.5) is 17.1 Å². The molecule has 3 aliphatic rings. The van der Waals surface area contributed by atoms with Crippen molar-refractivity contribution in [2.45, 2.75) is 63.7 Å². The number of anilines is 3. The van der Waals surface area contributed by atoms with Crippen LogP contribution in [0.5, 0.6) is 0 Å². The van der Waals surface area contributed by atoms with E-state index in [2.05, 4.69) is 168 Å². The minimum Gasteiger partial charge on any atom is -0.397 e. The number of nitrogens with two attached hydrogens (primary N) is 1. The maximum absolute atomic E-state index is 6.69. The Morgan fingerprint density at radius 2 is 0.979 bits per heavy atom. The Morgan fingerprint density at radius 3 is 1.48 bits per heavy atom. The molecule has 48 heavy (non-hydrogen) atoms. The molecule has 3 N–H and O–H groups in total. The predicted octanol–water partition coefficient (Wildman–Crippen LogP) is 11.5. The summed E-state index contributed by atoms with van der Waals surface area (Å²) < 4.78 is 0. The van der Waals surface area contributed by atoms with Crippen LogP contribution in [-0.4, -0.2) is 0 Å². The van der Waals surface area contributed by atoms with E-state index in [1.807, 2.05) is 12.1 Å². The van der Waals surface area contributed by atoms with Gasteiger partial charge in [0.2, 0.25) is 0 Å². The zero-order valence-electron chi connectivity index (χ0n) is 28.9. The van der Waals surface area contributed by atoms with Crippen molar-refractivity contribution < 1.29 is 0 Å². The maximum Gasteiger partial charge on any atom is 0.0730 e. The Bertz CT molecular complexity index is 2060. The standard InChI is InChI=1S/C46H44N2/c1-44(2,3)30-26-29(27-31(28-30)45(4,5)6)32-19-15-23-39(43(32)48-41-25-14-13-24-40(41)47)46-36-20-10-7-16-33(36)42(34-17-8-11-21-37(34)46)35-18-9-12-22-38(35)46/h7-28,42,48H,47H2,1-6H3. The van der Waals surface area contributed by atoms with E-state index in [1.165, 1.54) is 61.2 Å². The molecule has 0 aliphatic heterocycles. The number of hydrogen-bond acceptors (Lipinski definition) is 2. The van der Waals surface area contributed by atoms with Crippen LogP contribution in [0.1, 0.15) is 97.5 Å². The molecule has 0 heterocycles. The van der Waals surface area contributed by atoms with E-state index in [0.29, 0.717) is 0 Å². The van der Waals surface area contributed by atoms with Crippen molar-refractivity contribution >= 4 is 17.1 Å². The van der Waals surface area contributed by atoms with Gasteiger partial charge in [-0.1, -0.05) is 163 Å². The predicted molar refractivity (Wildman–Crippen MR) is 203 cm³/mol. The molecule has 0 aromatic heterocycles. The van der Waals surface area contributed by atoms with Crippen LogP contribution in [0.25, 0.3) is 11.1 Å². The summed E-state index contributed by atoms with van der Waals surface area (Å²) in [5.74, 6) is 0.206. The van der Waals surface area contributed by atoms with Gasteiger partial charge in [0.1, 0.15) is 0 Å². The second-order valence-electron chi connectivity index (χ2n) is 15.7. The topological polar surface area (TPSA) is 38.0 Å². The van der Waals surface area contributed by atoms with Crippen molar-refractivity contribution in [3.8, 4) is 11.1 Å². The van der Waals surface area contributed by atoms with Crippen LogP contribution in [-0.2, 0) is 16.2 Å². The van der Waals surface area contributed by atoms with E-state index < -0.39 is 5.41 Å². The van der Waals surface area contributed by atoms with Crippen molar-refractivity contribution in [2.24, 2.45) is 0 Å². The molecule has 0 unspecified atom stereocenters. The molecule has 238 valence electrons. The van der Waals surface area contributed by atoms with Gasteiger partial charge in [-0.25, -0.2) is 0 Å². The first-order chi connectivity index (χ1) is 23.0. The molecule has 0 atom stereocenters. The Kier molecular flexibility index (Phi) is 6.76. The summed E-state index contributed by atoms with van der Waals surface area (Å²) in [5, 5.41) is 3.97. The van der Waals surface area contributed by atoms with Crippen molar-refractivity contribution in [2.75, 3.05) is 11.1 Å². The minimum atomic E-state index is -0.533. The lowest BCUT2D eigenvalue weighted by Gasteiger charge is -2.51. The van der Waals surface area contributed by atoms with E-state index in [9.17, 15) is 0 Å². The van der Waals surface area contributed by atoms with Gasteiger partial charge in [0, 0.05) is 11.5 Å². The SMILES string of the molecule is CC(C)(C)c1cc(-c2cccc(C34c5ccccc5C(c5ccccc53)c3ccccc34)c2Nc2ccccc2N)cc(C(C)(C)C)c1. The zero-order valence-corrected chi connectivity index (χ0v) is 28.9. The first-order valence-corrected chi connectivity index (χ1v) is 17.2. The number of rotatable bonds is 4. The van der Waals surface area contributed by atoms with Crippen LogP contribution in [0.2, 0.25) is 0 Å². The van der Waals surface area contributed by atoms with Crippen molar-refractivity contribution in [1.82, 2.24) is 0 Å². The number of nitrogen functional groups attached to an aromatic ring is 1. The average molecular weight is 625 g/mol. The van der Waals surface area contributed by atoms with Gasteiger partial charge in [-0.15, -0.1) is 0 Å². The molecule has 2 bridgehead atoms. The fourth-order valence-corrected chi connectivity index (χ4v) is 8.28. The second kappa shape index (κ2) is 10.7. The van der Waals surface area contributed by atoms with Crippen LogP contribution in [0.15, 0.2) is 133 Å². The number of para-hydroxylation sites is 3. The first kappa shape index (κ1) is 30.3. The summed E-state index contributed by atoms with van der Waals surface area (Å²) in [7, 11) is 0. The molecular weight excluding hydrogens is 581 g/mol. The summed E-state index contributed by atoms with van der Waals surface area (Å²) >= 11 is 0. The smallest absolute Gasteiger partial charge is 0.0730 e. The Morgan fingerprint density at radius 1 is 0.521 bits per heavy atom. The number of nitrogens with one attached hydrogen (secondary N) is 1. The minimum absolute atomic E-state index is 0.0116. The van der Waals surface area contributed by atoms with E-state index >= 15 is 0 Å². The molecule has 6 aromatic carbocycles. The molecule has 0 spiro atoms. The normalized spacial score (nSPS) is 17.8. The lowest BCUT2D eigenvalue weighted by atomic mass is 9.50. The van der Waals surface area contributed by atoms with Gasteiger partial charge >= 0.3 is 0 Å². The third kappa shape index (κ3) is 4.46. The molecule has 3 aliphatic carbocycles. The van der Waals surface area contributed by atoms with E-state index in [-0.39, 0.29) is 16.7 Å². The van der Waals surface area contributed by atoms with Crippen LogP contribution in [0, 0.1) is 0 Å². The molecule has 2 nitrogen and oxygen atoms in total. The van der Waals surface area contributed by atoms with Crippen molar-refractivity contribution in [3.05, 3.63) is 184 Å². The van der Waals surface area contributed by atoms with E-state index in [0.717, 1.165) is 17.1 Å². The van der Waals surface area contributed by atoms with Crippen LogP contribution >= 0.6 is 0 Å². The Labute approximate surface area is 285 Å². The third-order valence-electron chi connectivity index (χ3n) is 10.7. The third-order valence-corrected chi connectivity index (χ3v) is 10.7. The van der Waals surface area contributed by atoms with Gasteiger partial charge in [-0.05, 0) is 78.6 Å². The van der Waals surface area contributed by atoms with Crippen molar-refractivity contribution in [3.63, 3.8) is 0 Å². The highest BCUT2D eigenvalue weighted by molar-refractivity contribution is 5.90. The second-order valence-corrected chi connectivity index (χ2v) is 15.7. The summed E-state index contributed by atoms with van der Waals surface area (Å²) in [4.78, 5) is 0. The van der Waals surface area contributed by atoms with Gasteiger partial charge in [-0.3, -0.25) is 0 Å². The van der Waals surface area contributed by atoms with Gasteiger partial charge in [0.05, 0.1) is 22.5 Å². The first-order valence-electron chi connectivity index (χ1n) is 17.2. The summed E-state index contributed by atoms with van der Waals surface area (Å²) in [6.07, 6.45) is 0. The molecule has 0 amide bonds. The molecule has 6 aromatic rings. The van der Waals surface area contributed by atoms with Crippen molar-refractivity contribution in [1.29, 1.82) is 0 Å². The monoisotopic (exact) mass is 624 g/mol. The molecule has 0 fully saturated rings. The molecule has 0 saturated carbocycles. The Balaban J connectivity index is 1.52. The fourth-order valence-electron chi connectivity index (χ4n) is 8.28. The summed E-state index contributed by atoms with van der Waals surface area (Å²) in [6.45, 7) is 13.9. The van der Waals surface area contributed by atoms with E-state index in [4.69, 9.17) is 5.73 Å². The van der Waals surface area contributed by atoms with Gasteiger partial charge in [0.25, 0.3) is 0 Å². The molecule has 2 heteroatoms. The Hall–Kier alpha value is -5.08. The summed E-state index contributed by atoms with van der Waals surface area (Å²) in [6, 6.07) is 49.6. The van der Waals surface area contributed by atoms with Gasteiger partial charge in [-0.2, -0.15) is 0 Å². The lowest BCUT2D eigenvalue weighted by molar-refractivity contribution is 0.569. The average Bonchev–Trinajstić information content (AvgIpc) is 3.08. The maximum atomic E-state index is 6.69. The highest BCUT2D eigenvalue weighted by atomic mass is 14.9. The quantitative estimate of drug-likeness (QED) is 0.191. The molecule has 0 saturated heterocycles. The number of benzene rings is 6. The highest BCUT2D eigenvalue weighted by Gasteiger charge is 2.53. The van der Waals surface area contributed by atoms with Crippen LogP contribution in [0.3, 0.4) is 0 Å².